The van der Waals surface area contributed by atoms with Crippen LogP contribution in [0.1, 0.15) is 12.0 Å². The maximum Gasteiger partial charge on any atom is 0.0761 e. The quantitative estimate of drug-likeness (QED) is 0.936. The first-order chi connectivity index (χ1) is 11.3. The lowest BCUT2D eigenvalue weighted by Gasteiger charge is -2.32. The maximum atomic E-state index is 6.48. The van der Waals surface area contributed by atoms with Crippen LogP contribution >= 0.6 is 11.6 Å². The van der Waals surface area contributed by atoms with Crippen molar-refractivity contribution in [3.8, 4) is 0 Å². The fraction of sp³-hybridized carbons (Fsp3) is 0.500. The summed E-state index contributed by atoms with van der Waals surface area (Å²) >= 11 is 6.48. The molecule has 2 saturated heterocycles. The summed E-state index contributed by atoms with van der Waals surface area (Å²) in [6, 6.07) is 8.84. The molecule has 2 aliphatic heterocycles. The average Bonchev–Trinajstić information content (AvgIpc) is 3.07. The molecule has 4 rings (SSSR count). The minimum atomic E-state index is 0.693. The van der Waals surface area contributed by atoms with Gasteiger partial charge in [-0.2, -0.15) is 0 Å². The Kier molecular flexibility index (Phi) is 4.49. The van der Waals surface area contributed by atoms with Crippen molar-refractivity contribution in [1.29, 1.82) is 0 Å². The standard InChI is InChI=1S/C18H23ClN4/c19-17-4-3-14-2-1-6-21-18(14)16(17)13-22-9-5-15(12-22)23-10-7-20-8-11-23/h1-4,6,15,20H,5,7-13H2. The summed E-state index contributed by atoms with van der Waals surface area (Å²) < 4.78 is 0. The molecular formula is C18H23ClN4. The van der Waals surface area contributed by atoms with Gasteiger partial charge < -0.3 is 5.32 Å². The van der Waals surface area contributed by atoms with Crippen LogP contribution in [0, 0.1) is 0 Å². The van der Waals surface area contributed by atoms with Crippen molar-refractivity contribution in [2.75, 3.05) is 39.3 Å². The van der Waals surface area contributed by atoms with Crippen molar-refractivity contribution >= 4 is 22.5 Å². The number of fused-ring (bicyclic) bond motifs is 1. The van der Waals surface area contributed by atoms with Crippen LogP contribution in [0.4, 0.5) is 0 Å². The minimum absolute atomic E-state index is 0.693. The van der Waals surface area contributed by atoms with Gasteiger partial charge in [0.1, 0.15) is 0 Å². The van der Waals surface area contributed by atoms with E-state index in [1.165, 1.54) is 30.5 Å². The molecule has 1 unspecified atom stereocenters. The van der Waals surface area contributed by atoms with Crippen LogP contribution in [0.5, 0.6) is 0 Å². The van der Waals surface area contributed by atoms with Crippen LogP contribution in [0.15, 0.2) is 30.5 Å². The lowest BCUT2D eigenvalue weighted by molar-refractivity contribution is 0.170. The van der Waals surface area contributed by atoms with Crippen LogP contribution in [0.2, 0.25) is 5.02 Å². The van der Waals surface area contributed by atoms with E-state index in [0.717, 1.165) is 43.3 Å². The smallest absolute Gasteiger partial charge is 0.0761 e. The van der Waals surface area contributed by atoms with Crippen LogP contribution in [0.3, 0.4) is 0 Å². The molecule has 0 amide bonds. The second-order valence-electron chi connectivity index (χ2n) is 6.56. The summed E-state index contributed by atoms with van der Waals surface area (Å²) in [4.78, 5) is 9.73. The van der Waals surface area contributed by atoms with Crippen LogP contribution in [-0.4, -0.2) is 60.1 Å². The monoisotopic (exact) mass is 330 g/mol. The molecule has 5 heteroatoms. The number of likely N-dealkylation sites (tertiary alicyclic amines) is 1. The number of pyridine rings is 1. The number of hydrogen-bond donors (Lipinski definition) is 1. The first-order valence-electron chi connectivity index (χ1n) is 8.50. The van der Waals surface area contributed by atoms with Crippen LogP contribution < -0.4 is 5.32 Å². The third-order valence-corrected chi connectivity index (χ3v) is 5.47. The Balaban J connectivity index is 1.50. The number of halogens is 1. The lowest BCUT2D eigenvalue weighted by Crippen LogP contribution is -2.49. The van der Waals surface area contributed by atoms with Gasteiger partial charge in [0.2, 0.25) is 0 Å². The number of benzene rings is 1. The highest BCUT2D eigenvalue weighted by atomic mass is 35.5. The van der Waals surface area contributed by atoms with Crippen molar-refractivity contribution in [2.24, 2.45) is 0 Å². The molecule has 3 heterocycles. The Morgan fingerprint density at radius 3 is 2.91 bits per heavy atom. The molecule has 1 N–H and O–H groups in total. The largest absolute Gasteiger partial charge is 0.314 e. The molecule has 122 valence electrons. The highest BCUT2D eigenvalue weighted by Crippen LogP contribution is 2.27. The fourth-order valence-corrected chi connectivity index (χ4v) is 4.07. The molecule has 0 bridgehead atoms. The summed E-state index contributed by atoms with van der Waals surface area (Å²) in [5, 5.41) is 5.44. The van der Waals surface area contributed by atoms with Gasteiger partial charge in [-0.1, -0.05) is 23.7 Å². The molecule has 0 saturated carbocycles. The van der Waals surface area contributed by atoms with Crippen molar-refractivity contribution in [3.05, 3.63) is 41.0 Å². The number of rotatable bonds is 3. The molecule has 1 aromatic heterocycles. The Bertz CT molecular complexity index is 684. The van der Waals surface area contributed by atoms with Crippen LogP contribution in [-0.2, 0) is 6.54 Å². The number of nitrogens with one attached hydrogen (secondary N) is 1. The predicted molar refractivity (Wildman–Crippen MR) is 94.9 cm³/mol. The van der Waals surface area contributed by atoms with E-state index in [2.05, 4.69) is 32.2 Å². The third kappa shape index (κ3) is 3.22. The molecule has 2 aliphatic rings. The van der Waals surface area contributed by atoms with Gasteiger partial charge >= 0.3 is 0 Å². The molecule has 2 aromatic rings. The first kappa shape index (κ1) is 15.3. The van der Waals surface area contributed by atoms with Crippen molar-refractivity contribution in [1.82, 2.24) is 20.1 Å². The van der Waals surface area contributed by atoms with E-state index in [1.54, 1.807) is 0 Å². The van der Waals surface area contributed by atoms with Gasteiger partial charge in [-0.25, -0.2) is 0 Å². The average molecular weight is 331 g/mol. The third-order valence-electron chi connectivity index (χ3n) is 5.12. The fourth-order valence-electron chi connectivity index (χ4n) is 3.86. The molecular weight excluding hydrogens is 308 g/mol. The second-order valence-corrected chi connectivity index (χ2v) is 6.97. The topological polar surface area (TPSA) is 31.4 Å². The number of aromatic nitrogens is 1. The number of piperazine rings is 1. The van der Waals surface area contributed by atoms with Crippen molar-refractivity contribution in [2.45, 2.75) is 19.0 Å². The number of hydrogen-bond acceptors (Lipinski definition) is 4. The predicted octanol–water partition coefficient (Wildman–Crippen LogP) is 2.37. The van der Waals surface area contributed by atoms with E-state index in [0.29, 0.717) is 6.04 Å². The van der Waals surface area contributed by atoms with E-state index in [9.17, 15) is 0 Å². The minimum Gasteiger partial charge on any atom is -0.314 e. The Labute approximate surface area is 142 Å². The molecule has 0 radical (unpaired) electrons. The van der Waals surface area contributed by atoms with E-state index in [-0.39, 0.29) is 0 Å². The molecule has 2 fully saturated rings. The molecule has 1 aromatic carbocycles. The zero-order valence-electron chi connectivity index (χ0n) is 13.3. The van der Waals surface area contributed by atoms with E-state index < -0.39 is 0 Å². The van der Waals surface area contributed by atoms with Crippen molar-refractivity contribution in [3.63, 3.8) is 0 Å². The normalized spacial score (nSPS) is 23.6. The van der Waals surface area contributed by atoms with Crippen LogP contribution in [0.25, 0.3) is 10.9 Å². The van der Waals surface area contributed by atoms with E-state index in [1.807, 2.05) is 18.3 Å². The van der Waals surface area contributed by atoms with Crippen molar-refractivity contribution < 1.29 is 0 Å². The summed E-state index contributed by atoms with van der Waals surface area (Å²) in [5.41, 5.74) is 2.22. The zero-order valence-corrected chi connectivity index (χ0v) is 14.1. The molecule has 1 atom stereocenters. The summed E-state index contributed by atoms with van der Waals surface area (Å²) in [6.07, 6.45) is 3.12. The van der Waals surface area contributed by atoms with Gasteiger partial charge in [0.15, 0.2) is 0 Å². The summed E-state index contributed by atoms with van der Waals surface area (Å²) in [6.45, 7) is 7.78. The molecule has 23 heavy (non-hydrogen) atoms. The Hall–Kier alpha value is -1.20. The van der Waals surface area contributed by atoms with Gasteiger partial charge in [-0.3, -0.25) is 14.8 Å². The lowest BCUT2D eigenvalue weighted by atomic mass is 10.1. The van der Waals surface area contributed by atoms with E-state index in [4.69, 9.17) is 11.6 Å². The highest BCUT2D eigenvalue weighted by Gasteiger charge is 2.28. The molecule has 0 spiro atoms. The van der Waals surface area contributed by atoms with E-state index >= 15 is 0 Å². The second kappa shape index (κ2) is 6.73. The van der Waals surface area contributed by atoms with Gasteiger partial charge in [0, 0.05) is 74.0 Å². The van der Waals surface area contributed by atoms with Gasteiger partial charge in [-0.15, -0.1) is 0 Å². The van der Waals surface area contributed by atoms with Gasteiger partial charge in [0.05, 0.1) is 5.52 Å². The molecule has 4 nitrogen and oxygen atoms in total. The number of nitrogens with zero attached hydrogens (tertiary/aromatic N) is 3. The Morgan fingerprint density at radius 2 is 2.04 bits per heavy atom. The summed E-state index contributed by atoms with van der Waals surface area (Å²) in [5.74, 6) is 0. The van der Waals surface area contributed by atoms with Gasteiger partial charge in [0.25, 0.3) is 0 Å². The maximum absolute atomic E-state index is 6.48. The zero-order chi connectivity index (χ0) is 15.6. The summed E-state index contributed by atoms with van der Waals surface area (Å²) in [7, 11) is 0. The Morgan fingerprint density at radius 1 is 1.17 bits per heavy atom. The highest BCUT2D eigenvalue weighted by molar-refractivity contribution is 6.32. The van der Waals surface area contributed by atoms with Gasteiger partial charge in [-0.05, 0) is 18.6 Å². The SMILES string of the molecule is Clc1ccc2cccnc2c1CN1CCC(N2CCNCC2)C1. The molecule has 0 aliphatic carbocycles. The first-order valence-corrected chi connectivity index (χ1v) is 8.88.